The van der Waals surface area contributed by atoms with E-state index in [9.17, 15) is 4.79 Å². The molecule has 1 N–H and O–H groups in total. The van der Waals surface area contributed by atoms with Crippen molar-refractivity contribution in [1.29, 1.82) is 0 Å². The van der Waals surface area contributed by atoms with Crippen LogP contribution >= 0.6 is 0 Å². The van der Waals surface area contributed by atoms with Gasteiger partial charge in [-0.2, -0.15) is 0 Å². The summed E-state index contributed by atoms with van der Waals surface area (Å²) in [7, 11) is 3.39. The fourth-order valence-corrected chi connectivity index (χ4v) is 4.28. The van der Waals surface area contributed by atoms with Gasteiger partial charge in [-0.1, -0.05) is 13.8 Å². The third-order valence-electron chi connectivity index (χ3n) is 5.19. The second kappa shape index (κ2) is 6.44. The van der Waals surface area contributed by atoms with Crippen LogP contribution in [0.25, 0.3) is 0 Å². The lowest BCUT2D eigenvalue weighted by molar-refractivity contribution is -0.151. The third-order valence-corrected chi connectivity index (χ3v) is 5.19. The van der Waals surface area contributed by atoms with Crippen molar-refractivity contribution in [3.8, 4) is 0 Å². The maximum atomic E-state index is 12.2. The summed E-state index contributed by atoms with van der Waals surface area (Å²) in [5.41, 5.74) is -0.471. The Kier molecular flexibility index (Phi) is 5.08. The first-order chi connectivity index (χ1) is 9.50. The van der Waals surface area contributed by atoms with Crippen LogP contribution in [0.15, 0.2) is 0 Å². The van der Waals surface area contributed by atoms with Crippen LogP contribution in [0.3, 0.4) is 0 Å². The third kappa shape index (κ3) is 3.17. The van der Waals surface area contributed by atoms with E-state index < -0.39 is 5.54 Å². The standard InChI is InChI=1S/C16H30N2O2/c1-12-8-13(2)11-18(10-12)14-6-5-7-16(9-14,17-3)15(19)20-4/h12-14,17H,5-11H2,1-4H3. The van der Waals surface area contributed by atoms with Gasteiger partial charge in [-0.3, -0.25) is 9.69 Å². The van der Waals surface area contributed by atoms with Crippen LogP contribution < -0.4 is 5.32 Å². The number of piperidine rings is 1. The maximum absolute atomic E-state index is 12.2. The zero-order valence-corrected chi connectivity index (χ0v) is 13.4. The molecule has 4 unspecified atom stereocenters. The van der Waals surface area contributed by atoms with Gasteiger partial charge in [0.05, 0.1) is 7.11 Å². The highest BCUT2D eigenvalue weighted by Gasteiger charge is 2.44. The molecule has 20 heavy (non-hydrogen) atoms. The normalized spacial score (nSPS) is 39.5. The molecule has 4 heteroatoms. The largest absolute Gasteiger partial charge is 0.468 e. The lowest BCUT2D eigenvalue weighted by Crippen LogP contribution is -2.58. The maximum Gasteiger partial charge on any atom is 0.326 e. The van der Waals surface area contributed by atoms with Crippen LogP contribution in [0, 0.1) is 11.8 Å². The average Bonchev–Trinajstić information content (AvgIpc) is 2.45. The first kappa shape index (κ1) is 15.8. The van der Waals surface area contributed by atoms with Gasteiger partial charge in [-0.15, -0.1) is 0 Å². The van der Waals surface area contributed by atoms with Gasteiger partial charge in [0, 0.05) is 19.1 Å². The second-order valence-electron chi connectivity index (χ2n) is 6.97. The molecule has 0 aromatic carbocycles. The van der Waals surface area contributed by atoms with Crippen molar-refractivity contribution in [2.45, 2.75) is 57.5 Å². The molecular weight excluding hydrogens is 252 g/mol. The first-order valence-electron chi connectivity index (χ1n) is 8.02. The molecule has 0 amide bonds. The molecule has 1 aliphatic carbocycles. The topological polar surface area (TPSA) is 41.6 Å². The Morgan fingerprint density at radius 1 is 1.30 bits per heavy atom. The van der Waals surface area contributed by atoms with Gasteiger partial charge in [0.1, 0.15) is 5.54 Å². The summed E-state index contributed by atoms with van der Waals surface area (Å²) in [5, 5.41) is 3.26. The van der Waals surface area contributed by atoms with E-state index in [1.807, 2.05) is 7.05 Å². The minimum atomic E-state index is -0.471. The van der Waals surface area contributed by atoms with Crippen LogP contribution in [-0.2, 0) is 9.53 Å². The number of hydrogen-bond donors (Lipinski definition) is 1. The number of hydrogen-bond acceptors (Lipinski definition) is 4. The Morgan fingerprint density at radius 2 is 1.95 bits per heavy atom. The smallest absolute Gasteiger partial charge is 0.326 e. The summed E-state index contributed by atoms with van der Waals surface area (Å²) in [6, 6.07) is 0.514. The molecule has 2 fully saturated rings. The van der Waals surface area contributed by atoms with Gasteiger partial charge in [0.15, 0.2) is 0 Å². The van der Waals surface area contributed by atoms with Crippen LogP contribution in [0.4, 0.5) is 0 Å². The lowest BCUT2D eigenvalue weighted by atomic mass is 9.77. The SMILES string of the molecule is CNC1(C(=O)OC)CCCC(N2CC(C)CC(C)C2)C1. The molecule has 4 nitrogen and oxygen atoms in total. The summed E-state index contributed by atoms with van der Waals surface area (Å²) < 4.78 is 5.04. The Bertz CT molecular complexity index is 337. The highest BCUT2D eigenvalue weighted by atomic mass is 16.5. The Hall–Kier alpha value is -0.610. The average molecular weight is 282 g/mol. The summed E-state index contributed by atoms with van der Waals surface area (Å²) in [6.07, 6.45) is 5.42. The number of carbonyl (C=O) groups is 1. The predicted molar refractivity (Wildman–Crippen MR) is 80.6 cm³/mol. The van der Waals surface area contributed by atoms with Crippen molar-refractivity contribution < 1.29 is 9.53 Å². The highest BCUT2D eigenvalue weighted by Crippen LogP contribution is 2.34. The van der Waals surface area contributed by atoms with E-state index in [0.29, 0.717) is 6.04 Å². The van der Waals surface area contributed by atoms with E-state index in [1.54, 1.807) is 0 Å². The molecule has 0 radical (unpaired) electrons. The van der Waals surface area contributed by atoms with Crippen molar-refractivity contribution in [2.75, 3.05) is 27.2 Å². The number of carbonyl (C=O) groups excluding carboxylic acids is 1. The molecule has 1 heterocycles. The Labute approximate surface area is 123 Å². The molecule has 0 aromatic rings. The lowest BCUT2D eigenvalue weighted by Gasteiger charge is -2.46. The van der Waals surface area contributed by atoms with Gasteiger partial charge in [0.25, 0.3) is 0 Å². The number of esters is 1. The first-order valence-corrected chi connectivity index (χ1v) is 8.02. The van der Waals surface area contributed by atoms with Crippen molar-refractivity contribution >= 4 is 5.97 Å². The van der Waals surface area contributed by atoms with Gasteiger partial charge >= 0.3 is 5.97 Å². The molecular formula is C16H30N2O2. The van der Waals surface area contributed by atoms with E-state index in [1.165, 1.54) is 33.0 Å². The molecule has 0 spiro atoms. The zero-order valence-electron chi connectivity index (χ0n) is 13.4. The minimum absolute atomic E-state index is 0.0946. The minimum Gasteiger partial charge on any atom is -0.468 e. The summed E-state index contributed by atoms with van der Waals surface area (Å²) in [5.74, 6) is 1.44. The highest BCUT2D eigenvalue weighted by molar-refractivity contribution is 5.81. The van der Waals surface area contributed by atoms with Crippen molar-refractivity contribution in [3.63, 3.8) is 0 Å². The number of nitrogens with one attached hydrogen (secondary N) is 1. The fourth-order valence-electron chi connectivity index (χ4n) is 4.28. The van der Waals surface area contributed by atoms with Crippen LogP contribution in [0.5, 0.6) is 0 Å². The van der Waals surface area contributed by atoms with E-state index >= 15 is 0 Å². The summed E-state index contributed by atoms with van der Waals surface area (Å²) >= 11 is 0. The van der Waals surface area contributed by atoms with E-state index in [0.717, 1.165) is 31.1 Å². The monoisotopic (exact) mass is 282 g/mol. The molecule has 0 bridgehead atoms. The molecule has 0 aromatic heterocycles. The van der Waals surface area contributed by atoms with Crippen LogP contribution in [0.2, 0.25) is 0 Å². The van der Waals surface area contributed by atoms with Crippen molar-refractivity contribution in [1.82, 2.24) is 10.2 Å². The quantitative estimate of drug-likeness (QED) is 0.804. The van der Waals surface area contributed by atoms with Crippen molar-refractivity contribution in [3.05, 3.63) is 0 Å². The van der Waals surface area contributed by atoms with Gasteiger partial charge in [-0.25, -0.2) is 0 Å². The molecule has 1 saturated carbocycles. The van der Waals surface area contributed by atoms with E-state index in [4.69, 9.17) is 4.74 Å². The Balaban J connectivity index is 2.07. The fraction of sp³-hybridized carbons (Fsp3) is 0.938. The predicted octanol–water partition coefficient (Wildman–Crippen LogP) is 2.04. The van der Waals surface area contributed by atoms with Gasteiger partial charge in [0.2, 0.25) is 0 Å². The number of nitrogens with zero attached hydrogens (tertiary/aromatic N) is 1. The van der Waals surface area contributed by atoms with Gasteiger partial charge < -0.3 is 10.1 Å². The molecule has 1 saturated heterocycles. The number of ether oxygens (including phenoxy) is 1. The van der Waals surface area contributed by atoms with E-state index in [-0.39, 0.29) is 5.97 Å². The van der Waals surface area contributed by atoms with E-state index in [2.05, 4.69) is 24.1 Å². The molecule has 1 aliphatic heterocycles. The number of likely N-dealkylation sites (tertiary alicyclic amines) is 1. The number of likely N-dealkylation sites (N-methyl/N-ethyl adjacent to an activating group) is 1. The van der Waals surface area contributed by atoms with Gasteiger partial charge in [-0.05, 0) is 51.0 Å². The second-order valence-corrected chi connectivity index (χ2v) is 6.97. The Morgan fingerprint density at radius 3 is 2.50 bits per heavy atom. The zero-order chi connectivity index (χ0) is 14.8. The molecule has 2 rings (SSSR count). The van der Waals surface area contributed by atoms with Crippen LogP contribution in [-0.4, -0.2) is 49.7 Å². The molecule has 116 valence electrons. The van der Waals surface area contributed by atoms with Crippen LogP contribution in [0.1, 0.15) is 46.0 Å². The molecule has 4 atom stereocenters. The summed E-state index contributed by atoms with van der Waals surface area (Å²) in [4.78, 5) is 14.8. The number of methoxy groups -OCH3 is 1. The number of rotatable bonds is 3. The van der Waals surface area contributed by atoms with Crippen molar-refractivity contribution in [2.24, 2.45) is 11.8 Å². The molecule has 2 aliphatic rings. The summed E-state index contributed by atoms with van der Waals surface area (Å²) in [6.45, 7) is 7.04.